The van der Waals surface area contributed by atoms with Crippen LogP contribution in [-0.2, 0) is 0 Å². The van der Waals surface area contributed by atoms with E-state index in [4.69, 9.17) is 0 Å². The van der Waals surface area contributed by atoms with E-state index >= 15 is 0 Å². The Hall–Kier alpha value is -1.02. The number of hydrogen-bond acceptors (Lipinski definition) is 1. The number of nitrogens with zero attached hydrogens (tertiary/aromatic N) is 1. The van der Waals surface area contributed by atoms with E-state index in [1.807, 2.05) is 6.07 Å². The Kier molecular flexibility index (Phi) is 27.2. The average Bonchev–Trinajstić information content (AvgIpc) is 2.90. The number of unbranched alkanes of at least 4 members (excludes halogenated alkanes) is 19. The van der Waals surface area contributed by atoms with E-state index in [-0.39, 0.29) is 5.75 Å². The van der Waals surface area contributed by atoms with Crippen LogP contribution < -0.4 is 5.11 Å². The summed E-state index contributed by atoms with van der Waals surface area (Å²) in [5, 5.41) is 10.3. The van der Waals surface area contributed by atoms with Crippen molar-refractivity contribution in [3.63, 3.8) is 0 Å². The smallest absolute Gasteiger partial charge is 0.0784 e. The predicted octanol–water partition coefficient (Wildman–Crippen LogP) is 10.8. The minimum Gasteiger partial charge on any atom is -0.872 e. The molecule has 1 aromatic carbocycles. The molecule has 0 N–H and O–H groups in total. The van der Waals surface area contributed by atoms with Gasteiger partial charge < -0.3 is 9.59 Å². The highest BCUT2D eigenvalue weighted by Gasteiger charge is 2.20. The monoisotopic (exact) mass is 518 g/mol. The van der Waals surface area contributed by atoms with Crippen molar-refractivity contribution < 1.29 is 9.59 Å². The molecule has 0 amide bonds. The molecule has 2 heteroatoms. The van der Waals surface area contributed by atoms with E-state index in [1.54, 1.807) is 12.1 Å². The van der Waals surface area contributed by atoms with Gasteiger partial charge in [0.2, 0.25) is 0 Å². The molecule has 1 rings (SSSR count). The molecule has 37 heavy (non-hydrogen) atoms. The van der Waals surface area contributed by atoms with Crippen molar-refractivity contribution in [1.82, 2.24) is 0 Å². The van der Waals surface area contributed by atoms with Gasteiger partial charge in [-0.15, -0.1) is 5.75 Å². The Bertz CT molecular complexity index is 523. The molecule has 2 nitrogen and oxygen atoms in total. The lowest BCUT2D eigenvalue weighted by molar-refractivity contribution is -0.910. The van der Waals surface area contributed by atoms with Gasteiger partial charge in [0.05, 0.1) is 26.7 Å². The van der Waals surface area contributed by atoms with Gasteiger partial charge in [-0.1, -0.05) is 154 Å². The van der Waals surface area contributed by atoms with Crippen molar-refractivity contribution in [1.29, 1.82) is 0 Å². The summed E-state index contributed by atoms with van der Waals surface area (Å²) < 4.78 is 1.36. The van der Waals surface area contributed by atoms with Crippen molar-refractivity contribution in [2.45, 2.75) is 162 Å². The summed E-state index contributed by atoms with van der Waals surface area (Å²) in [4.78, 5) is 0. The highest BCUT2D eigenvalue weighted by Crippen LogP contribution is 2.17. The Balaban J connectivity index is 0.00000158. The molecule has 0 heterocycles. The van der Waals surface area contributed by atoms with E-state index in [0.29, 0.717) is 0 Å². The van der Waals surface area contributed by atoms with E-state index in [9.17, 15) is 5.11 Å². The van der Waals surface area contributed by atoms with E-state index < -0.39 is 0 Å². The first-order chi connectivity index (χ1) is 18.1. The van der Waals surface area contributed by atoms with Crippen LogP contribution in [0.3, 0.4) is 0 Å². The minimum atomic E-state index is 0.0718. The Morgan fingerprint density at radius 2 is 0.703 bits per heavy atom. The Labute approximate surface area is 234 Å². The van der Waals surface area contributed by atoms with Gasteiger partial charge in [0.25, 0.3) is 0 Å². The minimum absolute atomic E-state index is 0.0718. The summed E-state index contributed by atoms with van der Waals surface area (Å²) in [6, 6.07) is 8.33. The lowest BCUT2D eigenvalue weighted by Crippen LogP contribution is -2.46. The molecule has 0 spiro atoms. The van der Waals surface area contributed by atoms with Crippen LogP contribution in [0.1, 0.15) is 162 Å². The second-order valence-corrected chi connectivity index (χ2v) is 11.8. The molecule has 1 aromatic rings. The molecule has 0 saturated carbocycles. The van der Waals surface area contributed by atoms with Crippen LogP contribution in [-0.4, -0.2) is 31.2 Å². The SMILES string of the molecule is CCCCCCCCCC[N+](C)(CCCCCCCC)CCCCCCCCCC.[O-]c1ccccc1. The molecule has 0 fully saturated rings. The highest BCUT2D eigenvalue weighted by atomic mass is 16.3. The molecule has 0 unspecified atom stereocenters. The molecule has 218 valence electrons. The zero-order valence-electron chi connectivity index (χ0n) is 25.9. The second-order valence-electron chi connectivity index (χ2n) is 11.8. The van der Waals surface area contributed by atoms with E-state index in [2.05, 4.69) is 27.8 Å². The fraction of sp³-hybridized carbons (Fsp3) is 0.829. The molecule has 0 aliphatic rings. The maximum Gasteiger partial charge on any atom is 0.0784 e. The zero-order valence-corrected chi connectivity index (χ0v) is 25.9. The number of para-hydroxylation sites is 1. The van der Waals surface area contributed by atoms with Crippen molar-refractivity contribution in [3.05, 3.63) is 30.3 Å². The number of rotatable bonds is 25. The highest BCUT2D eigenvalue weighted by molar-refractivity contribution is 5.17. The normalized spacial score (nSPS) is 11.4. The first-order valence-electron chi connectivity index (χ1n) is 16.6. The summed E-state index contributed by atoms with van der Waals surface area (Å²) in [7, 11) is 2.58. The third kappa shape index (κ3) is 26.4. The fourth-order valence-electron chi connectivity index (χ4n) is 5.28. The predicted molar refractivity (Wildman–Crippen MR) is 165 cm³/mol. The van der Waals surface area contributed by atoms with Crippen LogP contribution >= 0.6 is 0 Å². The van der Waals surface area contributed by atoms with Crippen LogP contribution in [0.2, 0.25) is 0 Å². The third-order valence-electron chi connectivity index (χ3n) is 7.90. The van der Waals surface area contributed by atoms with Gasteiger partial charge in [-0.05, 0) is 38.5 Å². The van der Waals surface area contributed by atoms with Crippen LogP contribution in [0, 0.1) is 0 Å². The summed E-state index contributed by atoms with van der Waals surface area (Å²) in [5.74, 6) is 0.0718. The Morgan fingerprint density at radius 1 is 0.432 bits per heavy atom. The van der Waals surface area contributed by atoms with Crippen molar-refractivity contribution in [2.24, 2.45) is 0 Å². The van der Waals surface area contributed by atoms with Crippen molar-refractivity contribution >= 4 is 0 Å². The molecule has 0 saturated heterocycles. The quantitative estimate of drug-likeness (QED) is 0.0934. The molecule has 0 aromatic heterocycles. The van der Waals surface area contributed by atoms with Crippen molar-refractivity contribution in [2.75, 3.05) is 26.7 Å². The van der Waals surface area contributed by atoms with E-state index in [0.717, 1.165) is 0 Å². The van der Waals surface area contributed by atoms with E-state index in [1.165, 1.54) is 178 Å². The second kappa shape index (κ2) is 28.0. The van der Waals surface area contributed by atoms with Gasteiger partial charge in [-0.3, -0.25) is 0 Å². The van der Waals surface area contributed by atoms with Gasteiger partial charge in [-0.25, -0.2) is 0 Å². The van der Waals surface area contributed by atoms with Crippen LogP contribution in [0.25, 0.3) is 0 Å². The van der Waals surface area contributed by atoms with Gasteiger partial charge in [0, 0.05) is 0 Å². The maximum absolute atomic E-state index is 10.3. The van der Waals surface area contributed by atoms with Crippen molar-refractivity contribution in [3.8, 4) is 5.75 Å². The molecule has 0 bridgehead atoms. The summed E-state index contributed by atoms with van der Waals surface area (Å²) in [6.07, 6.45) is 31.8. The number of benzene rings is 1. The largest absolute Gasteiger partial charge is 0.872 e. The third-order valence-corrected chi connectivity index (χ3v) is 7.90. The molecule has 0 aliphatic heterocycles. The topological polar surface area (TPSA) is 23.1 Å². The molecule has 0 radical (unpaired) electrons. The maximum atomic E-state index is 10.3. The first-order valence-corrected chi connectivity index (χ1v) is 16.6. The molecule has 0 atom stereocenters. The lowest BCUT2D eigenvalue weighted by atomic mass is 10.1. The lowest BCUT2D eigenvalue weighted by Gasteiger charge is -2.35. The molecule has 0 aliphatic carbocycles. The van der Waals surface area contributed by atoms with Gasteiger partial charge >= 0.3 is 0 Å². The first kappa shape index (κ1) is 36.0. The average molecular weight is 518 g/mol. The fourth-order valence-corrected chi connectivity index (χ4v) is 5.28. The van der Waals surface area contributed by atoms with Gasteiger partial charge in [0.1, 0.15) is 0 Å². The number of hydrogen-bond donors (Lipinski definition) is 0. The Morgan fingerprint density at radius 3 is 0.946 bits per heavy atom. The standard InChI is InChI=1S/C29H62N.C6H6O/c1-5-8-11-14-17-19-22-25-28-30(4,27-24-21-16-13-10-7-3)29-26-23-20-18-15-12-9-6-2;7-6-4-2-1-3-5-6/h5-29H2,1-4H3;1-5,7H/q+1;/p-1. The van der Waals surface area contributed by atoms with Gasteiger partial charge in [0.15, 0.2) is 0 Å². The zero-order chi connectivity index (χ0) is 27.3. The number of quaternary nitrogens is 1. The summed E-state index contributed by atoms with van der Waals surface area (Å²) >= 11 is 0. The van der Waals surface area contributed by atoms with Crippen LogP contribution in [0.5, 0.6) is 5.75 Å². The summed E-state index contributed by atoms with van der Waals surface area (Å²) in [6.45, 7) is 11.2. The van der Waals surface area contributed by atoms with Crippen LogP contribution in [0.4, 0.5) is 0 Å². The molecular weight excluding hydrogens is 450 g/mol. The van der Waals surface area contributed by atoms with Gasteiger partial charge in [-0.2, -0.15) is 0 Å². The summed E-state index contributed by atoms with van der Waals surface area (Å²) in [5.41, 5.74) is 0. The van der Waals surface area contributed by atoms with Crippen LogP contribution in [0.15, 0.2) is 30.3 Å². The molecular formula is C35H67NO.